The summed E-state index contributed by atoms with van der Waals surface area (Å²) in [5.41, 5.74) is 2.15. The lowest BCUT2D eigenvalue weighted by molar-refractivity contribution is -0.128. The Kier molecular flexibility index (Phi) is 4.77. The monoisotopic (exact) mass is 274 g/mol. The summed E-state index contributed by atoms with van der Waals surface area (Å²) in [6.07, 6.45) is 1.89. The molecule has 0 radical (unpaired) electrons. The molecule has 0 saturated carbocycles. The van der Waals surface area contributed by atoms with Crippen LogP contribution in [0.1, 0.15) is 32.3 Å². The van der Waals surface area contributed by atoms with Crippen LogP contribution in [0.25, 0.3) is 0 Å². The second kappa shape index (κ2) is 6.55. The van der Waals surface area contributed by atoms with Gasteiger partial charge in [-0.1, -0.05) is 32.0 Å². The summed E-state index contributed by atoms with van der Waals surface area (Å²) >= 11 is 0. The third kappa shape index (κ3) is 3.59. The van der Waals surface area contributed by atoms with E-state index < -0.39 is 0 Å². The summed E-state index contributed by atoms with van der Waals surface area (Å²) in [6.45, 7) is 5.38. The van der Waals surface area contributed by atoms with Crippen molar-refractivity contribution in [3.8, 4) is 0 Å². The third-order valence-corrected chi connectivity index (χ3v) is 3.43. The van der Waals surface area contributed by atoms with Crippen LogP contribution < -0.4 is 10.2 Å². The Morgan fingerprint density at radius 3 is 2.80 bits per heavy atom. The van der Waals surface area contributed by atoms with E-state index in [1.54, 1.807) is 4.90 Å². The molecule has 2 rings (SSSR count). The van der Waals surface area contributed by atoms with E-state index in [1.165, 1.54) is 5.56 Å². The van der Waals surface area contributed by atoms with E-state index in [2.05, 4.69) is 5.32 Å². The second-order valence-electron chi connectivity index (χ2n) is 5.65. The van der Waals surface area contributed by atoms with Crippen molar-refractivity contribution >= 4 is 17.5 Å². The van der Waals surface area contributed by atoms with E-state index in [1.807, 2.05) is 38.1 Å². The maximum Gasteiger partial charge on any atom is 0.236 e. The van der Waals surface area contributed by atoms with Crippen LogP contribution in [0.4, 0.5) is 5.69 Å². The van der Waals surface area contributed by atoms with Gasteiger partial charge in [0, 0.05) is 18.8 Å². The van der Waals surface area contributed by atoms with Crippen LogP contribution in [0.2, 0.25) is 0 Å². The number of hydrogen-bond acceptors (Lipinski definition) is 2. The van der Waals surface area contributed by atoms with E-state index in [4.69, 9.17) is 0 Å². The highest BCUT2D eigenvalue weighted by Crippen LogP contribution is 2.27. The van der Waals surface area contributed by atoms with Crippen molar-refractivity contribution in [3.63, 3.8) is 0 Å². The van der Waals surface area contributed by atoms with Crippen LogP contribution in [0.15, 0.2) is 24.3 Å². The van der Waals surface area contributed by atoms with Crippen molar-refractivity contribution in [2.45, 2.75) is 33.1 Å². The zero-order valence-corrected chi connectivity index (χ0v) is 12.2. The van der Waals surface area contributed by atoms with Crippen molar-refractivity contribution in [2.24, 2.45) is 5.92 Å². The summed E-state index contributed by atoms with van der Waals surface area (Å²) in [5.74, 6) is 0.0925. The number of carbonyl (C=O) groups excluding carboxylic acids is 2. The predicted molar refractivity (Wildman–Crippen MR) is 79.6 cm³/mol. The molecule has 1 aliphatic heterocycles. The fraction of sp³-hybridized carbons (Fsp3) is 0.500. The fourth-order valence-electron chi connectivity index (χ4n) is 2.41. The van der Waals surface area contributed by atoms with Gasteiger partial charge in [-0.25, -0.2) is 0 Å². The number of fused-ring (bicyclic) bond motifs is 1. The first-order valence-corrected chi connectivity index (χ1v) is 7.23. The smallest absolute Gasteiger partial charge is 0.236 e. The van der Waals surface area contributed by atoms with Crippen molar-refractivity contribution < 1.29 is 9.59 Å². The molecule has 0 saturated heterocycles. The maximum atomic E-state index is 12.3. The molecule has 0 unspecified atom stereocenters. The molecular formula is C16H22N2O2. The molecule has 1 aromatic carbocycles. The van der Waals surface area contributed by atoms with Gasteiger partial charge < -0.3 is 10.2 Å². The Bertz CT molecular complexity index is 497. The van der Waals surface area contributed by atoms with Crippen molar-refractivity contribution in [1.82, 2.24) is 5.32 Å². The minimum absolute atomic E-state index is 0.0684. The van der Waals surface area contributed by atoms with E-state index in [9.17, 15) is 9.59 Å². The predicted octanol–water partition coefficient (Wildman–Crippen LogP) is 2.13. The van der Waals surface area contributed by atoms with E-state index in [-0.39, 0.29) is 18.2 Å². The number of rotatable bonds is 4. The lowest BCUT2D eigenvalue weighted by Gasteiger charge is -2.29. The van der Waals surface area contributed by atoms with Crippen molar-refractivity contribution in [2.75, 3.05) is 18.0 Å². The first-order chi connectivity index (χ1) is 9.58. The highest BCUT2D eigenvalue weighted by molar-refractivity contribution is 6.05. The highest BCUT2D eigenvalue weighted by Gasteiger charge is 2.23. The molecule has 4 heteroatoms. The topological polar surface area (TPSA) is 49.4 Å². The summed E-state index contributed by atoms with van der Waals surface area (Å²) in [7, 11) is 0. The number of hydrogen-bond donors (Lipinski definition) is 1. The number of benzene rings is 1. The SMILES string of the molecule is CC(C)CNC(=O)CC(=O)N1CCCc2ccccc21. The largest absolute Gasteiger partial charge is 0.355 e. The third-order valence-electron chi connectivity index (χ3n) is 3.43. The molecule has 1 N–H and O–H groups in total. The Hall–Kier alpha value is -1.84. The molecule has 2 amide bonds. The standard InChI is InChI=1S/C16H22N2O2/c1-12(2)11-17-15(19)10-16(20)18-9-5-7-13-6-3-4-8-14(13)18/h3-4,6,8,12H,5,7,9-11H2,1-2H3,(H,17,19). The highest BCUT2D eigenvalue weighted by atomic mass is 16.2. The van der Waals surface area contributed by atoms with Gasteiger partial charge in [0.15, 0.2) is 0 Å². The normalized spacial score (nSPS) is 14.1. The van der Waals surface area contributed by atoms with Crippen molar-refractivity contribution in [1.29, 1.82) is 0 Å². The minimum atomic E-state index is -0.188. The van der Waals surface area contributed by atoms with Crippen LogP contribution >= 0.6 is 0 Å². The number of amides is 2. The van der Waals surface area contributed by atoms with Gasteiger partial charge in [-0.05, 0) is 30.4 Å². The molecule has 1 heterocycles. The molecule has 0 atom stereocenters. The number of aryl methyl sites for hydroxylation is 1. The summed E-state index contributed by atoms with van der Waals surface area (Å²) < 4.78 is 0. The van der Waals surface area contributed by atoms with Crippen LogP contribution in [-0.4, -0.2) is 24.9 Å². The average Bonchev–Trinajstić information content (AvgIpc) is 2.44. The van der Waals surface area contributed by atoms with Gasteiger partial charge in [-0.15, -0.1) is 0 Å². The molecule has 20 heavy (non-hydrogen) atoms. The summed E-state index contributed by atoms with van der Waals surface area (Å²) in [4.78, 5) is 25.8. The molecule has 1 aromatic rings. The number of anilines is 1. The van der Waals surface area contributed by atoms with E-state index in [0.717, 1.165) is 18.5 Å². The second-order valence-corrected chi connectivity index (χ2v) is 5.65. The molecule has 4 nitrogen and oxygen atoms in total. The average molecular weight is 274 g/mol. The van der Waals surface area contributed by atoms with Crippen LogP contribution in [0.5, 0.6) is 0 Å². The van der Waals surface area contributed by atoms with Gasteiger partial charge in [-0.2, -0.15) is 0 Å². The zero-order valence-electron chi connectivity index (χ0n) is 12.2. The Morgan fingerprint density at radius 2 is 2.05 bits per heavy atom. The Labute approximate surface area is 120 Å². The van der Waals surface area contributed by atoms with Gasteiger partial charge in [0.05, 0.1) is 0 Å². The molecule has 0 aliphatic carbocycles. The first-order valence-electron chi connectivity index (χ1n) is 7.23. The number of para-hydroxylation sites is 1. The molecule has 0 spiro atoms. The maximum absolute atomic E-state index is 12.3. The molecule has 0 fully saturated rings. The molecule has 1 aliphatic rings. The fourth-order valence-corrected chi connectivity index (χ4v) is 2.41. The minimum Gasteiger partial charge on any atom is -0.355 e. The van der Waals surface area contributed by atoms with E-state index in [0.29, 0.717) is 19.0 Å². The lowest BCUT2D eigenvalue weighted by Crippen LogP contribution is -2.39. The number of carbonyl (C=O) groups is 2. The quantitative estimate of drug-likeness (QED) is 0.855. The summed E-state index contributed by atoms with van der Waals surface area (Å²) in [6, 6.07) is 7.93. The van der Waals surface area contributed by atoms with Crippen molar-refractivity contribution in [3.05, 3.63) is 29.8 Å². The summed E-state index contributed by atoms with van der Waals surface area (Å²) in [5, 5.41) is 2.79. The van der Waals surface area contributed by atoms with Gasteiger partial charge in [0.25, 0.3) is 0 Å². The van der Waals surface area contributed by atoms with Crippen LogP contribution in [0.3, 0.4) is 0 Å². The molecule has 108 valence electrons. The Morgan fingerprint density at radius 1 is 1.30 bits per heavy atom. The molecule has 0 bridgehead atoms. The van der Waals surface area contributed by atoms with Gasteiger partial charge >= 0.3 is 0 Å². The lowest BCUT2D eigenvalue weighted by atomic mass is 10.0. The number of nitrogens with zero attached hydrogens (tertiary/aromatic N) is 1. The van der Waals surface area contributed by atoms with Gasteiger partial charge in [-0.3, -0.25) is 9.59 Å². The van der Waals surface area contributed by atoms with Crippen LogP contribution in [0, 0.1) is 5.92 Å². The molecule has 0 aromatic heterocycles. The molecular weight excluding hydrogens is 252 g/mol. The van der Waals surface area contributed by atoms with Gasteiger partial charge in [0.2, 0.25) is 11.8 Å². The number of nitrogens with one attached hydrogen (secondary N) is 1. The first kappa shape index (κ1) is 14.6. The van der Waals surface area contributed by atoms with Crippen LogP contribution in [-0.2, 0) is 16.0 Å². The Balaban J connectivity index is 1.98. The zero-order chi connectivity index (χ0) is 14.5. The van der Waals surface area contributed by atoms with E-state index >= 15 is 0 Å². The van der Waals surface area contributed by atoms with Gasteiger partial charge in [0.1, 0.15) is 6.42 Å².